The summed E-state index contributed by atoms with van der Waals surface area (Å²) in [6, 6.07) is 0.569. The zero-order valence-electron chi connectivity index (χ0n) is 9.51. The van der Waals surface area contributed by atoms with Crippen LogP contribution in [0.2, 0.25) is 0 Å². The van der Waals surface area contributed by atoms with Crippen molar-refractivity contribution < 1.29 is 4.74 Å². The zero-order chi connectivity index (χ0) is 10.2. The van der Waals surface area contributed by atoms with Gasteiger partial charge in [0.1, 0.15) is 0 Å². The van der Waals surface area contributed by atoms with E-state index in [-0.39, 0.29) is 0 Å². The molecular weight excluding hydrogens is 176 g/mol. The molecule has 1 heterocycles. The quantitative estimate of drug-likeness (QED) is 0.602. The van der Waals surface area contributed by atoms with E-state index in [1.165, 1.54) is 12.8 Å². The Hall–Kier alpha value is -0.120. The van der Waals surface area contributed by atoms with Crippen molar-refractivity contribution in [3.8, 4) is 0 Å². The van der Waals surface area contributed by atoms with Crippen LogP contribution in [0.4, 0.5) is 0 Å². The van der Waals surface area contributed by atoms with Crippen LogP contribution in [-0.4, -0.2) is 38.9 Å². The van der Waals surface area contributed by atoms with Crippen LogP contribution in [0.5, 0.6) is 0 Å². The molecule has 1 rings (SSSR count). The maximum absolute atomic E-state index is 5.49. The summed E-state index contributed by atoms with van der Waals surface area (Å²) in [5, 5.41) is 7.01. The van der Waals surface area contributed by atoms with Crippen molar-refractivity contribution in [1.82, 2.24) is 10.6 Å². The van der Waals surface area contributed by atoms with Crippen LogP contribution in [0, 0.1) is 5.92 Å². The minimum atomic E-state index is 0.569. The number of rotatable bonds is 7. The molecule has 0 saturated carbocycles. The molecule has 2 unspecified atom stereocenters. The summed E-state index contributed by atoms with van der Waals surface area (Å²) in [6.07, 6.45) is 2.41. The lowest BCUT2D eigenvalue weighted by Gasteiger charge is -2.19. The zero-order valence-corrected chi connectivity index (χ0v) is 9.51. The smallest absolute Gasteiger partial charge is 0.0623 e. The molecule has 84 valence electrons. The van der Waals surface area contributed by atoms with Crippen molar-refractivity contribution in [2.24, 2.45) is 5.92 Å². The highest BCUT2D eigenvalue weighted by atomic mass is 16.5. The number of hydrogen-bond acceptors (Lipinski definition) is 3. The second kappa shape index (κ2) is 7.21. The molecule has 1 fully saturated rings. The molecule has 0 radical (unpaired) electrons. The van der Waals surface area contributed by atoms with Gasteiger partial charge in [0.25, 0.3) is 0 Å². The Balaban J connectivity index is 2.14. The highest BCUT2D eigenvalue weighted by molar-refractivity contribution is 4.82. The van der Waals surface area contributed by atoms with E-state index in [9.17, 15) is 0 Å². The Bertz CT molecular complexity index is 141. The second-order valence-electron chi connectivity index (χ2n) is 4.06. The molecule has 0 aromatic heterocycles. The average molecular weight is 200 g/mol. The van der Waals surface area contributed by atoms with Crippen molar-refractivity contribution in [2.75, 3.05) is 32.8 Å². The topological polar surface area (TPSA) is 33.3 Å². The van der Waals surface area contributed by atoms with Crippen LogP contribution < -0.4 is 10.6 Å². The van der Waals surface area contributed by atoms with Crippen LogP contribution in [0.3, 0.4) is 0 Å². The fourth-order valence-electron chi connectivity index (χ4n) is 1.82. The van der Waals surface area contributed by atoms with Crippen molar-refractivity contribution in [2.45, 2.75) is 32.7 Å². The third kappa shape index (κ3) is 3.95. The van der Waals surface area contributed by atoms with Crippen LogP contribution in [-0.2, 0) is 4.74 Å². The summed E-state index contributed by atoms with van der Waals surface area (Å²) in [6.45, 7) is 9.53. The first-order valence-corrected chi connectivity index (χ1v) is 5.90. The molecule has 3 nitrogen and oxygen atoms in total. The molecule has 0 amide bonds. The fraction of sp³-hybridized carbons (Fsp3) is 1.00. The number of ether oxygens (including phenoxy) is 1. The number of nitrogens with one attached hydrogen (secondary N) is 2. The van der Waals surface area contributed by atoms with Crippen molar-refractivity contribution in [3.05, 3.63) is 0 Å². The van der Waals surface area contributed by atoms with Crippen LogP contribution in [0.25, 0.3) is 0 Å². The lowest BCUT2D eigenvalue weighted by atomic mass is 10.0. The molecule has 2 N–H and O–H groups in total. The van der Waals surface area contributed by atoms with Crippen LogP contribution in [0.15, 0.2) is 0 Å². The Morgan fingerprint density at radius 3 is 2.64 bits per heavy atom. The maximum Gasteiger partial charge on any atom is 0.0623 e. The molecule has 0 aromatic carbocycles. The molecule has 14 heavy (non-hydrogen) atoms. The van der Waals surface area contributed by atoms with E-state index >= 15 is 0 Å². The SMILES string of the molecule is CCCNCC1COCC1NCCC. The largest absolute Gasteiger partial charge is 0.379 e. The van der Waals surface area contributed by atoms with Gasteiger partial charge in [-0.3, -0.25) is 0 Å². The van der Waals surface area contributed by atoms with Gasteiger partial charge in [-0.15, -0.1) is 0 Å². The molecule has 1 aliphatic heterocycles. The lowest BCUT2D eigenvalue weighted by Crippen LogP contribution is -2.40. The van der Waals surface area contributed by atoms with Gasteiger partial charge in [-0.2, -0.15) is 0 Å². The van der Waals surface area contributed by atoms with Crippen molar-refractivity contribution >= 4 is 0 Å². The van der Waals surface area contributed by atoms with E-state index in [1.807, 2.05) is 0 Å². The van der Waals surface area contributed by atoms with Gasteiger partial charge < -0.3 is 15.4 Å². The monoisotopic (exact) mass is 200 g/mol. The van der Waals surface area contributed by atoms with Crippen molar-refractivity contribution in [3.63, 3.8) is 0 Å². The molecular formula is C11H24N2O. The van der Waals surface area contributed by atoms with E-state index in [0.29, 0.717) is 12.0 Å². The molecule has 1 aliphatic rings. The van der Waals surface area contributed by atoms with Gasteiger partial charge in [0.05, 0.1) is 13.2 Å². The third-order valence-corrected chi connectivity index (χ3v) is 2.69. The predicted octanol–water partition coefficient (Wildman–Crippen LogP) is 1.00. The van der Waals surface area contributed by atoms with Crippen LogP contribution >= 0.6 is 0 Å². The first-order chi connectivity index (χ1) is 6.88. The Kier molecular flexibility index (Phi) is 6.15. The van der Waals surface area contributed by atoms with Gasteiger partial charge in [0, 0.05) is 18.5 Å². The first kappa shape index (κ1) is 12.0. The highest BCUT2D eigenvalue weighted by Gasteiger charge is 2.26. The summed E-state index contributed by atoms with van der Waals surface area (Å²) in [4.78, 5) is 0. The summed E-state index contributed by atoms with van der Waals surface area (Å²) in [5.74, 6) is 0.660. The van der Waals surface area contributed by atoms with Gasteiger partial charge in [0.2, 0.25) is 0 Å². The minimum Gasteiger partial charge on any atom is -0.379 e. The average Bonchev–Trinajstić information content (AvgIpc) is 2.63. The lowest BCUT2D eigenvalue weighted by molar-refractivity contribution is 0.182. The molecule has 0 bridgehead atoms. The van der Waals surface area contributed by atoms with Crippen LogP contribution in [0.1, 0.15) is 26.7 Å². The van der Waals surface area contributed by atoms with Crippen molar-refractivity contribution in [1.29, 1.82) is 0 Å². The Morgan fingerprint density at radius 2 is 1.93 bits per heavy atom. The Labute approximate surface area is 87.6 Å². The van der Waals surface area contributed by atoms with E-state index in [4.69, 9.17) is 4.74 Å². The highest BCUT2D eigenvalue weighted by Crippen LogP contribution is 2.12. The van der Waals surface area contributed by atoms with E-state index < -0.39 is 0 Å². The van der Waals surface area contributed by atoms with Gasteiger partial charge in [-0.25, -0.2) is 0 Å². The maximum atomic E-state index is 5.49. The molecule has 2 atom stereocenters. The van der Waals surface area contributed by atoms with E-state index in [2.05, 4.69) is 24.5 Å². The van der Waals surface area contributed by atoms with E-state index in [0.717, 1.165) is 32.8 Å². The van der Waals surface area contributed by atoms with Gasteiger partial charge in [0.15, 0.2) is 0 Å². The first-order valence-electron chi connectivity index (χ1n) is 5.90. The van der Waals surface area contributed by atoms with Gasteiger partial charge >= 0.3 is 0 Å². The van der Waals surface area contributed by atoms with Gasteiger partial charge in [-0.05, 0) is 25.9 Å². The summed E-state index contributed by atoms with van der Waals surface area (Å²) in [7, 11) is 0. The molecule has 0 aromatic rings. The molecule has 0 spiro atoms. The molecule has 3 heteroatoms. The normalized spacial score (nSPS) is 27.0. The molecule has 1 saturated heterocycles. The predicted molar refractivity (Wildman–Crippen MR) is 59.6 cm³/mol. The fourth-order valence-corrected chi connectivity index (χ4v) is 1.82. The summed E-state index contributed by atoms with van der Waals surface area (Å²) < 4.78 is 5.49. The summed E-state index contributed by atoms with van der Waals surface area (Å²) in [5.41, 5.74) is 0. The standard InChI is InChI=1S/C11H24N2O/c1-3-5-12-7-10-8-14-9-11(10)13-6-4-2/h10-13H,3-9H2,1-2H3. The minimum absolute atomic E-state index is 0.569. The Morgan fingerprint density at radius 1 is 1.14 bits per heavy atom. The number of hydrogen-bond donors (Lipinski definition) is 2. The summed E-state index contributed by atoms with van der Waals surface area (Å²) >= 11 is 0. The van der Waals surface area contributed by atoms with Gasteiger partial charge in [-0.1, -0.05) is 13.8 Å². The molecule has 0 aliphatic carbocycles. The van der Waals surface area contributed by atoms with E-state index in [1.54, 1.807) is 0 Å². The second-order valence-corrected chi connectivity index (χ2v) is 4.06. The third-order valence-electron chi connectivity index (χ3n) is 2.69.